The standard InChI is InChI=1S/C16H22N2O4S/c1-10-7-18(8-11(2)22-10)16(23)12-4-5-13(14(6-12)20-3)21-9-15(17)19/h4-6,10-11H,7-9H2,1-3H3,(H2,17,19)/t10-,11-/m1/s1. The summed E-state index contributed by atoms with van der Waals surface area (Å²) in [5.74, 6) is 0.435. The molecule has 1 fully saturated rings. The van der Waals surface area contributed by atoms with Gasteiger partial charge in [-0.2, -0.15) is 0 Å². The van der Waals surface area contributed by atoms with Crippen LogP contribution in [0.1, 0.15) is 19.4 Å². The van der Waals surface area contributed by atoms with Crippen molar-refractivity contribution in [1.29, 1.82) is 0 Å². The van der Waals surface area contributed by atoms with E-state index in [0.29, 0.717) is 11.5 Å². The summed E-state index contributed by atoms with van der Waals surface area (Å²) >= 11 is 5.60. The van der Waals surface area contributed by atoms with Gasteiger partial charge in [-0.1, -0.05) is 12.2 Å². The smallest absolute Gasteiger partial charge is 0.255 e. The van der Waals surface area contributed by atoms with Crippen LogP contribution in [0.4, 0.5) is 0 Å². The topological polar surface area (TPSA) is 74.0 Å². The van der Waals surface area contributed by atoms with Gasteiger partial charge in [-0.05, 0) is 32.0 Å². The van der Waals surface area contributed by atoms with Gasteiger partial charge in [-0.15, -0.1) is 0 Å². The van der Waals surface area contributed by atoms with Gasteiger partial charge in [0.15, 0.2) is 18.1 Å². The SMILES string of the molecule is COc1cc(C(=S)N2C[C@@H](C)O[C@H](C)C2)ccc1OCC(N)=O. The van der Waals surface area contributed by atoms with Gasteiger partial charge in [0.2, 0.25) is 0 Å². The van der Waals surface area contributed by atoms with E-state index in [2.05, 4.69) is 4.90 Å². The van der Waals surface area contributed by atoms with Crippen LogP contribution in [-0.4, -0.2) is 54.8 Å². The fourth-order valence-electron chi connectivity index (χ4n) is 2.60. The number of rotatable bonds is 5. The van der Waals surface area contributed by atoms with Crippen LogP contribution in [0.5, 0.6) is 11.5 Å². The van der Waals surface area contributed by atoms with Gasteiger partial charge >= 0.3 is 0 Å². The molecule has 0 bridgehead atoms. The first-order chi connectivity index (χ1) is 10.9. The highest BCUT2D eigenvalue weighted by Crippen LogP contribution is 2.29. The number of benzene rings is 1. The quantitative estimate of drug-likeness (QED) is 0.817. The maximum atomic E-state index is 10.8. The minimum atomic E-state index is -0.539. The zero-order valence-electron chi connectivity index (χ0n) is 13.6. The van der Waals surface area contributed by atoms with Gasteiger partial charge in [0, 0.05) is 18.7 Å². The zero-order valence-corrected chi connectivity index (χ0v) is 14.4. The first-order valence-electron chi connectivity index (χ1n) is 7.44. The Morgan fingerprint density at radius 3 is 2.57 bits per heavy atom. The molecule has 1 aromatic carbocycles. The number of amides is 1. The molecular formula is C16H22N2O4S. The summed E-state index contributed by atoms with van der Waals surface area (Å²) < 4.78 is 16.4. The molecule has 2 atom stereocenters. The Labute approximate surface area is 141 Å². The molecule has 2 rings (SSSR count). The van der Waals surface area contributed by atoms with Gasteiger partial charge in [0.25, 0.3) is 5.91 Å². The molecule has 0 unspecified atom stereocenters. The van der Waals surface area contributed by atoms with Crippen molar-refractivity contribution in [1.82, 2.24) is 4.90 Å². The first-order valence-corrected chi connectivity index (χ1v) is 7.85. The lowest BCUT2D eigenvalue weighted by Crippen LogP contribution is -2.47. The number of methoxy groups -OCH3 is 1. The molecule has 1 heterocycles. The number of nitrogens with two attached hydrogens (primary N) is 1. The molecule has 1 amide bonds. The van der Waals surface area contributed by atoms with Gasteiger partial charge in [0.1, 0.15) is 4.99 Å². The second kappa shape index (κ2) is 7.61. The average Bonchev–Trinajstić information content (AvgIpc) is 2.51. The van der Waals surface area contributed by atoms with Gasteiger partial charge in [-0.25, -0.2) is 0 Å². The van der Waals surface area contributed by atoms with Crippen molar-refractivity contribution in [3.8, 4) is 11.5 Å². The number of carbonyl (C=O) groups excluding carboxylic acids is 1. The van der Waals surface area contributed by atoms with Crippen LogP contribution >= 0.6 is 12.2 Å². The number of morpholine rings is 1. The molecule has 0 aromatic heterocycles. The highest BCUT2D eigenvalue weighted by molar-refractivity contribution is 7.80. The maximum Gasteiger partial charge on any atom is 0.255 e. The fraction of sp³-hybridized carbons (Fsp3) is 0.500. The molecule has 2 N–H and O–H groups in total. The number of hydrogen-bond donors (Lipinski definition) is 1. The Balaban J connectivity index is 2.16. The second-order valence-electron chi connectivity index (χ2n) is 5.59. The molecule has 0 radical (unpaired) electrons. The average molecular weight is 338 g/mol. The van der Waals surface area contributed by atoms with E-state index >= 15 is 0 Å². The van der Waals surface area contributed by atoms with E-state index in [1.54, 1.807) is 6.07 Å². The van der Waals surface area contributed by atoms with Crippen LogP contribution in [0.3, 0.4) is 0 Å². The van der Waals surface area contributed by atoms with E-state index in [1.165, 1.54) is 7.11 Å². The van der Waals surface area contributed by atoms with E-state index in [4.69, 9.17) is 32.2 Å². The summed E-state index contributed by atoms with van der Waals surface area (Å²) in [5, 5.41) is 0. The molecule has 7 heteroatoms. The Morgan fingerprint density at radius 1 is 1.35 bits per heavy atom. The van der Waals surface area contributed by atoms with E-state index < -0.39 is 5.91 Å². The van der Waals surface area contributed by atoms with E-state index in [1.807, 2.05) is 26.0 Å². The summed E-state index contributed by atoms with van der Waals surface area (Å²) in [5.41, 5.74) is 5.95. The number of primary amides is 1. The summed E-state index contributed by atoms with van der Waals surface area (Å²) in [6, 6.07) is 5.39. The van der Waals surface area contributed by atoms with Crippen molar-refractivity contribution in [3.05, 3.63) is 23.8 Å². The fourth-order valence-corrected chi connectivity index (χ4v) is 2.87. The van der Waals surface area contributed by atoms with Crippen LogP contribution in [0.2, 0.25) is 0 Å². The van der Waals surface area contributed by atoms with Crippen molar-refractivity contribution >= 4 is 23.1 Å². The number of thiocarbonyl (C=S) groups is 1. The third kappa shape index (κ3) is 4.56. The summed E-state index contributed by atoms with van der Waals surface area (Å²) in [6.45, 7) is 5.38. The number of hydrogen-bond acceptors (Lipinski definition) is 5. The van der Waals surface area contributed by atoms with Crippen molar-refractivity contribution < 1.29 is 19.0 Å². The maximum absolute atomic E-state index is 10.8. The predicted octanol–water partition coefficient (Wildman–Crippen LogP) is 1.34. The normalized spacial score (nSPS) is 20.9. The molecule has 1 aliphatic heterocycles. The van der Waals surface area contributed by atoms with Crippen LogP contribution in [0.15, 0.2) is 18.2 Å². The van der Waals surface area contributed by atoms with E-state index in [0.717, 1.165) is 23.6 Å². The number of ether oxygens (including phenoxy) is 3. The first kappa shape index (κ1) is 17.5. The summed E-state index contributed by atoms with van der Waals surface area (Å²) in [4.78, 5) is 13.7. The van der Waals surface area contributed by atoms with Crippen molar-refractivity contribution in [3.63, 3.8) is 0 Å². The van der Waals surface area contributed by atoms with Crippen LogP contribution in [-0.2, 0) is 9.53 Å². The molecule has 23 heavy (non-hydrogen) atoms. The highest BCUT2D eigenvalue weighted by atomic mass is 32.1. The molecular weight excluding hydrogens is 316 g/mol. The molecule has 1 aromatic rings. The van der Waals surface area contributed by atoms with Crippen molar-refractivity contribution in [2.24, 2.45) is 5.73 Å². The molecule has 1 aliphatic rings. The van der Waals surface area contributed by atoms with E-state index in [-0.39, 0.29) is 18.8 Å². The lowest BCUT2D eigenvalue weighted by atomic mass is 10.1. The predicted molar refractivity (Wildman–Crippen MR) is 91.0 cm³/mol. The highest BCUT2D eigenvalue weighted by Gasteiger charge is 2.25. The molecule has 0 saturated carbocycles. The van der Waals surface area contributed by atoms with Gasteiger partial charge < -0.3 is 24.8 Å². The minimum absolute atomic E-state index is 0.136. The number of carbonyl (C=O) groups is 1. The molecule has 6 nitrogen and oxygen atoms in total. The third-order valence-electron chi connectivity index (χ3n) is 3.49. The zero-order chi connectivity index (χ0) is 17.0. The van der Waals surface area contributed by atoms with E-state index in [9.17, 15) is 4.79 Å². The molecule has 126 valence electrons. The Kier molecular flexibility index (Phi) is 5.79. The Bertz CT molecular complexity index is 583. The van der Waals surface area contributed by atoms with Gasteiger partial charge in [0.05, 0.1) is 19.3 Å². The largest absolute Gasteiger partial charge is 0.493 e. The third-order valence-corrected chi connectivity index (χ3v) is 3.98. The van der Waals surface area contributed by atoms with Crippen molar-refractivity contribution in [2.45, 2.75) is 26.1 Å². The number of nitrogens with zero attached hydrogens (tertiary/aromatic N) is 1. The Morgan fingerprint density at radius 2 is 2.00 bits per heavy atom. The van der Waals surface area contributed by atoms with Gasteiger partial charge in [-0.3, -0.25) is 4.79 Å². The van der Waals surface area contributed by atoms with Crippen LogP contribution < -0.4 is 15.2 Å². The Hall–Kier alpha value is -1.86. The molecule has 0 aliphatic carbocycles. The second-order valence-corrected chi connectivity index (χ2v) is 5.97. The monoisotopic (exact) mass is 338 g/mol. The molecule has 0 spiro atoms. The van der Waals surface area contributed by atoms with Crippen LogP contribution in [0, 0.1) is 0 Å². The summed E-state index contributed by atoms with van der Waals surface area (Å²) in [7, 11) is 1.54. The van der Waals surface area contributed by atoms with Crippen LogP contribution in [0.25, 0.3) is 0 Å². The summed E-state index contributed by atoms with van der Waals surface area (Å²) in [6.07, 6.45) is 0.272. The lowest BCUT2D eigenvalue weighted by molar-refractivity contribution is -0.119. The molecule has 1 saturated heterocycles. The van der Waals surface area contributed by atoms with Crippen molar-refractivity contribution in [2.75, 3.05) is 26.8 Å². The minimum Gasteiger partial charge on any atom is -0.493 e. The lowest BCUT2D eigenvalue weighted by Gasteiger charge is -2.37.